The highest BCUT2D eigenvalue weighted by Crippen LogP contribution is 2.54. The monoisotopic (exact) mass is 240 g/mol. The molecule has 1 unspecified atom stereocenters. The Labute approximate surface area is 101 Å². The molecule has 88 valence electrons. The van der Waals surface area contributed by atoms with Gasteiger partial charge in [0.25, 0.3) is 0 Å². The molecular formula is C12H17ClN2O. The third-order valence-electron chi connectivity index (χ3n) is 3.41. The van der Waals surface area contributed by atoms with Gasteiger partial charge < -0.3 is 4.74 Å². The smallest absolute Gasteiger partial charge is 0.137 e. The maximum atomic E-state index is 6.00. The van der Waals surface area contributed by atoms with Crippen LogP contribution in [0.3, 0.4) is 0 Å². The molecule has 1 aromatic carbocycles. The van der Waals surface area contributed by atoms with Crippen molar-refractivity contribution in [3.05, 3.63) is 28.8 Å². The van der Waals surface area contributed by atoms with Gasteiger partial charge in [0.05, 0.1) is 18.2 Å². The molecule has 0 saturated heterocycles. The zero-order valence-electron chi connectivity index (χ0n) is 9.59. The summed E-state index contributed by atoms with van der Waals surface area (Å²) in [6.07, 6.45) is 2.40. The number of benzene rings is 1. The minimum Gasteiger partial charge on any atom is -0.495 e. The highest BCUT2D eigenvalue weighted by Gasteiger charge is 2.45. The molecule has 4 heteroatoms. The summed E-state index contributed by atoms with van der Waals surface area (Å²) >= 11 is 6.00. The Hall–Kier alpha value is -0.770. The van der Waals surface area contributed by atoms with E-state index in [0.29, 0.717) is 10.8 Å². The largest absolute Gasteiger partial charge is 0.495 e. The van der Waals surface area contributed by atoms with Crippen LogP contribution in [0.4, 0.5) is 0 Å². The molecule has 1 fully saturated rings. The van der Waals surface area contributed by atoms with Crippen molar-refractivity contribution in [1.29, 1.82) is 0 Å². The minimum atomic E-state index is 0.165. The summed E-state index contributed by atoms with van der Waals surface area (Å²) in [4.78, 5) is 0. The van der Waals surface area contributed by atoms with Crippen LogP contribution >= 0.6 is 11.6 Å². The van der Waals surface area contributed by atoms with Gasteiger partial charge in [-0.05, 0) is 36.0 Å². The second kappa shape index (κ2) is 4.24. The molecule has 0 amide bonds. The normalized spacial score (nSPS) is 19.2. The highest BCUT2D eigenvalue weighted by atomic mass is 35.5. The molecule has 1 atom stereocenters. The first-order valence-electron chi connectivity index (χ1n) is 5.40. The lowest BCUT2D eigenvalue weighted by molar-refractivity contribution is 0.368. The van der Waals surface area contributed by atoms with Crippen LogP contribution in [0.5, 0.6) is 5.75 Å². The van der Waals surface area contributed by atoms with Crippen LogP contribution in [0.15, 0.2) is 18.2 Å². The first-order valence-corrected chi connectivity index (χ1v) is 5.78. The first kappa shape index (κ1) is 11.7. The summed E-state index contributed by atoms with van der Waals surface area (Å²) in [6, 6.07) is 5.97. The molecule has 0 heterocycles. The van der Waals surface area contributed by atoms with E-state index in [0.717, 1.165) is 5.56 Å². The molecule has 1 aromatic rings. The summed E-state index contributed by atoms with van der Waals surface area (Å²) in [5.41, 5.74) is 4.29. The molecule has 1 aliphatic rings. The van der Waals surface area contributed by atoms with E-state index in [4.69, 9.17) is 22.2 Å². The van der Waals surface area contributed by atoms with Gasteiger partial charge in [-0.2, -0.15) is 0 Å². The van der Waals surface area contributed by atoms with Crippen molar-refractivity contribution in [2.24, 2.45) is 11.3 Å². The molecule has 0 radical (unpaired) electrons. The van der Waals surface area contributed by atoms with Crippen molar-refractivity contribution in [3.8, 4) is 5.75 Å². The Morgan fingerprint density at radius 2 is 2.19 bits per heavy atom. The van der Waals surface area contributed by atoms with Crippen molar-refractivity contribution >= 4 is 11.6 Å². The standard InChI is InChI=1S/C12H17ClN2O/c1-12(5-6-12)11(15-14)8-3-4-9(13)10(7-8)16-2/h3-4,7,11,15H,5-6,14H2,1-2H3. The van der Waals surface area contributed by atoms with Gasteiger partial charge in [0.15, 0.2) is 0 Å². The number of rotatable bonds is 4. The topological polar surface area (TPSA) is 47.3 Å². The summed E-state index contributed by atoms with van der Waals surface area (Å²) in [7, 11) is 1.62. The van der Waals surface area contributed by atoms with E-state index in [1.165, 1.54) is 12.8 Å². The second-order valence-corrected chi connectivity index (χ2v) is 5.05. The molecule has 3 N–H and O–H groups in total. The predicted molar refractivity (Wildman–Crippen MR) is 65.4 cm³/mol. The van der Waals surface area contributed by atoms with Crippen LogP contribution in [0, 0.1) is 5.41 Å². The zero-order chi connectivity index (χ0) is 11.8. The lowest BCUT2D eigenvalue weighted by Crippen LogP contribution is -2.33. The number of hydrogen-bond acceptors (Lipinski definition) is 3. The molecule has 0 aromatic heterocycles. The molecule has 0 bridgehead atoms. The lowest BCUT2D eigenvalue weighted by atomic mass is 9.92. The molecular weight excluding hydrogens is 224 g/mol. The van der Waals surface area contributed by atoms with Crippen molar-refractivity contribution in [2.45, 2.75) is 25.8 Å². The molecule has 3 nitrogen and oxygen atoms in total. The van der Waals surface area contributed by atoms with E-state index in [-0.39, 0.29) is 11.5 Å². The van der Waals surface area contributed by atoms with Crippen LogP contribution in [0.1, 0.15) is 31.4 Å². The Balaban J connectivity index is 2.31. The number of nitrogens with one attached hydrogen (secondary N) is 1. The van der Waals surface area contributed by atoms with Crippen LogP contribution in [0.25, 0.3) is 0 Å². The zero-order valence-corrected chi connectivity index (χ0v) is 10.3. The molecule has 1 aliphatic carbocycles. The van der Waals surface area contributed by atoms with Gasteiger partial charge in [0.2, 0.25) is 0 Å². The van der Waals surface area contributed by atoms with Crippen molar-refractivity contribution in [3.63, 3.8) is 0 Å². The number of hydrogen-bond donors (Lipinski definition) is 2. The third-order valence-corrected chi connectivity index (χ3v) is 3.72. The van der Waals surface area contributed by atoms with Crippen LogP contribution in [0.2, 0.25) is 5.02 Å². The first-order chi connectivity index (χ1) is 7.60. The minimum absolute atomic E-state index is 0.165. The van der Waals surface area contributed by atoms with Crippen molar-refractivity contribution in [1.82, 2.24) is 5.43 Å². The second-order valence-electron chi connectivity index (χ2n) is 4.65. The number of nitrogens with two attached hydrogens (primary N) is 1. The fraction of sp³-hybridized carbons (Fsp3) is 0.500. The molecule has 2 rings (SSSR count). The predicted octanol–water partition coefficient (Wildman–Crippen LogP) is 2.65. The average Bonchev–Trinajstić information content (AvgIpc) is 3.00. The summed E-state index contributed by atoms with van der Waals surface area (Å²) in [6.45, 7) is 2.23. The van der Waals surface area contributed by atoms with Crippen LogP contribution in [-0.4, -0.2) is 7.11 Å². The van der Waals surface area contributed by atoms with E-state index in [9.17, 15) is 0 Å². The Morgan fingerprint density at radius 1 is 1.50 bits per heavy atom. The fourth-order valence-corrected chi connectivity index (χ4v) is 2.24. The molecule has 0 aliphatic heterocycles. The van der Waals surface area contributed by atoms with Crippen molar-refractivity contribution in [2.75, 3.05) is 7.11 Å². The SMILES string of the molecule is COc1cc(C(NN)C2(C)CC2)ccc1Cl. The maximum absolute atomic E-state index is 6.00. The van der Waals surface area contributed by atoms with E-state index in [1.54, 1.807) is 7.11 Å². The Bertz CT molecular complexity index is 391. The van der Waals surface area contributed by atoms with E-state index in [2.05, 4.69) is 12.3 Å². The van der Waals surface area contributed by atoms with Gasteiger partial charge >= 0.3 is 0 Å². The highest BCUT2D eigenvalue weighted by molar-refractivity contribution is 6.32. The maximum Gasteiger partial charge on any atom is 0.137 e. The van der Waals surface area contributed by atoms with Gasteiger partial charge in [-0.3, -0.25) is 11.3 Å². The van der Waals surface area contributed by atoms with Crippen molar-refractivity contribution < 1.29 is 4.74 Å². The van der Waals surface area contributed by atoms with E-state index in [1.807, 2.05) is 18.2 Å². The number of methoxy groups -OCH3 is 1. The fourth-order valence-electron chi connectivity index (χ4n) is 2.04. The number of ether oxygens (including phenoxy) is 1. The average molecular weight is 241 g/mol. The van der Waals surface area contributed by atoms with Gasteiger partial charge in [-0.1, -0.05) is 24.6 Å². The molecule has 1 saturated carbocycles. The summed E-state index contributed by atoms with van der Waals surface area (Å²) in [5, 5.41) is 0.628. The number of halogens is 1. The van der Waals surface area contributed by atoms with Crippen LogP contribution in [-0.2, 0) is 0 Å². The van der Waals surface area contributed by atoms with Crippen LogP contribution < -0.4 is 16.0 Å². The van der Waals surface area contributed by atoms with E-state index >= 15 is 0 Å². The van der Waals surface area contributed by atoms with Gasteiger partial charge in [0, 0.05) is 0 Å². The third kappa shape index (κ3) is 2.03. The summed E-state index contributed by atoms with van der Waals surface area (Å²) in [5.74, 6) is 6.33. The van der Waals surface area contributed by atoms with E-state index < -0.39 is 0 Å². The number of hydrazine groups is 1. The summed E-state index contributed by atoms with van der Waals surface area (Å²) < 4.78 is 5.21. The van der Waals surface area contributed by atoms with Gasteiger partial charge in [-0.25, -0.2) is 0 Å². The molecule has 0 spiro atoms. The Morgan fingerprint density at radius 3 is 2.69 bits per heavy atom. The quantitative estimate of drug-likeness (QED) is 0.628. The van der Waals surface area contributed by atoms with Gasteiger partial charge in [0.1, 0.15) is 5.75 Å². The lowest BCUT2D eigenvalue weighted by Gasteiger charge is -2.23. The van der Waals surface area contributed by atoms with Gasteiger partial charge in [-0.15, -0.1) is 0 Å². The molecule has 16 heavy (non-hydrogen) atoms. The Kier molecular flexibility index (Phi) is 3.10.